The molecule has 0 aromatic heterocycles. The van der Waals surface area contributed by atoms with Crippen molar-refractivity contribution >= 4 is 11.6 Å². The third-order valence-electron chi connectivity index (χ3n) is 6.58. The van der Waals surface area contributed by atoms with Crippen LogP contribution in [0.1, 0.15) is 62.5 Å². The molecule has 0 saturated heterocycles. The Morgan fingerprint density at radius 3 is 2.36 bits per heavy atom. The van der Waals surface area contributed by atoms with E-state index in [2.05, 4.69) is 6.92 Å². The molecule has 0 bridgehead atoms. The van der Waals surface area contributed by atoms with Crippen LogP contribution in [-0.2, 0) is 6.42 Å². The Hall–Kier alpha value is -1.55. The van der Waals surface area contributed by atoms with Crippen molar-refractivity contribution in [3.8, 4) is 11.1 Å². The summed E-state index contributed by atoms with van der Waals surface area (Å²) in [5.41, 5.74) is 0.722. The van der Waals surface area contributed by atoms with Gasteiger partial charge in [0.05, 0.1) is 5.56 Å². The molecule has 0 unspecified atom stereocenters. The molecule has 2 aromatic rings. The first-order valence-electron chi connectivity index (χ1n) is 10.1. The van der Waals surface area contributed by atoms with Crippen LogP contribution in [0.2, 0.25) is 5.02 Å². The summed E-state index contributed by atoms with van der Waals surface area (Å²) in [7, 11) is 0. The molecule has 150 valence electrons. The predicted octanol–water partition coefficient (Wildman–Crippen LogP) is 7.81. The highest BCUT2D eigenvalue weighted by molar-refractivity contribution is 6.31. The minimum Gasteiger partial charge on any atom is -0.206 e. The maximum absolute atomic E-state index is 15.3. The van der Waals surface area contributed by atoms with Gasteiger partial charge in [0.15, 0.2) is 0 Å². The SMILES string of the molecule is CCC[C@@H]1CC[C@@H]2c3cc(F)c(-c4cc(F)c(Cl)c(F)c4)c(F)c3CC[C@@H]2C1. The van der Waals surface area contributed by atoms with E-state index in [4.69, 9.17) is 11.6 Å². The van der Waals surface area contributed by atoms with Crippen molar-refractivity contribution in [1.82, 2.24) is 0 Å². The minimum absolute atomic E-state index is 0.161. The summed E-state index contributed by atoms with van der Waals surface area (Å²) in [5, 5.41) is -0.672. The number of fused-ring (bicyclic) bond motifs is 3. The van der Waals surface area contributed by atoms with Crippen LogP contribution in [0.5, 0.6) is 0 Å². The zero-order valence-corrected chi connectivity index (χ0v) is 16.6. The van der Waals surface area contributed by atoms with Crippen LogP contribution >= 0.6 is 11.6 Å². The summed E-state index contributed by atoms with van der Waals surface area (Å²) in [4.78, 5) is 0. The van der Waals surface area contributed by atoms with Crippen molar-refractivity contribution in [3.63, 3.8) is 0 Å². The van der Waals surface area contributed by atoms with E-state index >= 15 is 4.39 Å². The molecule has 0 spiro atoms. The third-order valence-corrected chi connectivity index (χ3v) is 6.94. The fraction of sp³-hybridized carbons (Fsp3) is 0.478. The largest absolute Gasteiger partial charge is 0.206 e. The van der Waals surface area contributed by atoms with Crippen LogP contribution in [0.15, 0.2) is 18.2 Å². The number of rotatable bonds is 3. The lowest BCUT2D eigenvalue weighted by atomic mass is 9.64. The highest BCUT2D eigenvalue weighted by Crippen LogP contribution is 2.49. The Kier molecular flexibility index (Phi) is 5.43. The van der Waals surface area contributed by atoms with Crippen molar-refractivity contribution in [2.24, 2.45) is 11.8 Å². The molecule has 2 aliphatic carbocycles. The zero-order chi connectivity index (χ0) is 20.0. The summed E-state index contributed by atoms with van der Waals surface area (Å²) in [6, 6.07) is 3.18. The quantitative estimate of drug-likeness (QED) is 0.357. The van der Waals surface area contributed by atoms with Gasteiger partial charge < -0.3 is 0 Å². The number of benzene rings is 2. The minimum atomic E-state index is -1.03. The summed E-state index contributed by atoms with van der Waals surface area (Å²) in [6.45, 7) is 2.19. The Bertz CT molecular complexity index is 885. The van der Waals surface area contributed by atoms with E-state index in [1.807, 2.05) is 0 Å². The van der Waals surface area contributed by atoms with Crippen molar-refractivity contribution in [3.05, 3.63) is 57.6 Å². The summed E-state index contributed by atoms with van der Waals surface area (Å²) >= 11 is 5.51. The first-order valence-corrected chi connectivity index (χ1v) is 10.4. The van der Waals surface area contributed by atoms with Gasteiger partial charge in [-0.25, -0.2) is 17.6 Å². The lowest BCUT2D eigenvalue weighted by Gasteiger charge is -2.41. The Labute approximate surface area is 167 Å². The van der Waals surface area contributed by atoms with Gasteiger partial charge in [-0.15, -0.1) is 0 Å². The number of hydrogen-bond acceptors (Lipinski definition) is 0. The van der Waals surface area contributed by atoms with Gasteiger partial charge in [0.1, 0.15) is 28.3 Å². The molecule has 0 amide bonds. The first kappa shape index (κ1) is 19.8. The highest BCUT2D eigenvalue weighted by atomic mass is 35.5. The van der Waals surface area contributed by atoms with Crippen LogP contribution in [0.3, 0.4) is 0 Å². The second kappa shape index (κ2) is 7.70. The van der Waals surface area contributed by atoms with Crippen molar-refractivity contribution < 1.29 is 17.6 Å². The van der Waals surface area contributed by atoms with Crippen LogP contribution in [0, 0.1) is 35.1 Å². The fourth-order valence-corrected chi connectivity index (χ4v) is 5.43. The van der Waals surface area contributed by atoms with Crippen LogP contribution in [-0.4, -0.2) is 0 Å². The molecule has 28 heavy (non-hydrogen) atoms. The average Bonchev–Trinajstić information content (AvgIpc) is 2.66. The predicted molar refractivity (Wildman–Crippen MR) is 104 cm³/mol. The third kappa shape index (κ3) is 3.34. The molecule has 0 N–H and O–H groups in total. The molecule has 0 aliphatic heterocycles. The highest BCUT2D eigenvalue weighted by Gasteiger charge is 2.37. The normalized spacial score (nSPS) is 24.0. The van der Waals surface area contributed by atoms with Gasteiger partial charge >= 0.3 is 0 Å². The van der Waals surface area contributed by atoms with Gasteiger partial charge in [0.25, 0.3) is 0 Å². The Balaban J connectivity index is 1.74. The zero-order valence-electron chi connectivity index (χ0n) is 15.8. The van der Waals surface area contributed by atoms with Gasteiger partial charge in [-0.05, 0) is 84.7 Å². The van der Waals surface area contributed by atoms with Crippen LogP contribution in [0.4, 0.5) is 17.6 Å². The van der Waals surface area contributed by atoms with E-state index in [9.17, 15) is 13.2 Å². The second-order valence-corrected chi connectivity index (χ2v) is 8.62. The Morgan fingerprint density at radius 2 is 1.68 bits per heavy atom. The average molecular weight is 411 g/mol. The maximum atomic E-state index is 15.3. The smallest absolute Gasteiger partial charge is 0.145 e. The molecule has 2 aliphatic rings. The fourth-order valence-electron chi connectivity index (χ4n) is 5.32. The van der Waals surface area contributed by atoms with Gasteiger partial charge in [-0.3, -0.25) is 0 Å². The summed E-state index contributed by atoms with van der Waals surface area (Å²) < 4.78 is 57.9. The van der Waals surface area contributed by atoms with Gasteiger partial charge in [0, 0.05) is 0 Å². The van der Waals surface area contributed by atoms with E-state index in [0.717, 1.165) is 43.4 Å². The molecule has 0 heterocycles. The second-order valence-electron chi connectivity index (χ2n) is 8.24. The van der Waals surface area contributed by atoms with Gasteiger partial charge in [-0.2, -0.15) is 0 Å². The Morgan fingerprint density at radius 1 is 0.964 bits per heavy atom. The van der Waals surface area contributed by atoms with E-state index in [0.29, 0.717) is 23.8 Å². The molecule has 1 saturated carbocycles. The van der Waals surface area contributed by atoms with E-state index in [1.54, 1.807) is 0 Å². The van der Waals surface area contributed by atoms with E-state index in [1.165, 1.54) is 18.9 Å². The molecular formula is C23H23ClF4. The molecule has 0 radical (unpaired) electrons. The summed E-state index contributed by atoms with van der Waals surface area (Å²) in [5.74, 6) is -2.16. The molecule has 4 rings (SSSR count). The lowest BCUT2D eigenvalue weighted by Crippen LogP contribution is -2.29. The lowest BCUT2D eigenvalue weighted by molar-refractivity contribution is 0.199. The molecule has 2 aromatic carbocycles. The number of hydrogen-bond donors (Lipinski definition) is 0. The molecule has 1 fully saturated rings. The van der Waals surface area contributed by atoms with Crippen molar-refractivity contribution in [2.45, 2.75) is 57.8 Å². The molecule has 3 atom stereocenters. The first-order chi connectivity index (χ1) is 13.4. The summed E-state index contributed by atoms with van der Waals surface area (Å²) in [6.07, 6.45) is 6.95. The molecule has 0 nitrogen and oxygen atoms in total. The van der Waals surface area contributed by atoms with Crippen molar-refractivity contribution in [2.75, 3.05) is 0 Å². The van der Waals surface area contributed by atoms with Gasteiger partial charge in [-0.1, -0.05) is 31.4 Å². The van der Waals surface area contributed by atoms with Crippen LogP contribution in [0.25, 0.3) is 11.1 Å². The molecular weight excluding hydrogens is 388 g/mol. The maximum Gasteiger partial charge on any atom is 0.145 e. The van der Waals surface area contributed by atoms with Crippen molar-refractivity contribution in [1.29, 1.82) is 0 Å². The molecule has 5 heteroatoms. The van der Waals surface area contributed by atoms with E-state index < -0.39 is 28.3 Å². The topological polar surface area (TPSA) is 0 Å². The van der Waals surface area contributed by atoms with Crippen LogP contribution < -0.4 is 0 Å². The number of halogens is 5. The standard InChI is InChI=1S/C23H23ClF4/c1-2-3-12-4-6-15-13(8-12)5-7-16-17(15)11-18(25)21(23(16)28)14-9-19(26)22(24)20(27)10-14/h9-13,15H,2-8H2,1H3/t12-,13-,15+/m1/s1. The van der Waals surface area contributed by atoms with E-state index in [-0.39, 0.29) is 17.0 Å². The van der Waals surface area contributed by atoms with Gasteiger partial charge in [0.2, 0.25) is 0 Å². The monoisotopic (exact) mass is 410 g/mol.